The van der Waals surface area contributed by atoms with Crippen molar-refractivity contribution in [2.24, 2.45) is 5.92 Å². The van der Waals surface area contributed by atoms with Gasteiger partial charge in [0.15, 0.2) is 11.5 Å². The van der Waals surface area contributed by atoms with Crippen LogP contribution in [0.25, 0.3) is 11.2 Å². The van der Waals surface area contributed by atoms with Gasteiger partial charge in [0.2, 0.25) is 5.91 Å². The van der Waals surface area contributed by atoms with Crippen molar-refractivity contribution >= 4 is 34.5 Å². The molecule has 1 aliphatic heterocycles. The predicted molar refractivity (Wildman–Crippen MR) is 108 cm³/mol. The summed E-state index contributed by atoms with van der Waals surface area (Å²) in [7, 11) is 0. The number of aromatic nitrogens is 4. The molecule has 3 aromatic rings. The summed E-state index contributed by atoms with van der Waals surface area (Å²) >= 11 is 0. The van der Waals surface area contributed by atoms with Crippen molar-refractivity contribution in [3.8, 4) is 0 Å². The molecule has 1 aliphatic rings. The van der Waals surface area contributed by atoms with Crippen LogP contribution in [0.15, 0.2) is 36.9 Å². The normalized spacial score (nSPS) is 16.6. The first-order valence-electron chi connectivity index (χ1n) is 9.62. The number of benzene rings is 1. The molecule has 1 atom stereocenters. The maximum Gasteiger partial charge on any atom is 0.338 e. The molecule has 3 heterocycles. The Morgan fingerprint density at radius 3 is 3.07 bits per heavy atom. The fraction of sp³-hybridized carbons (Fsp3) is 0.350. The lowest BCUT2D eigenvalue weighted by molar-refractivity contribution is -0.120. The molecule has 1 unspecified atom stereocenters. The van der Waals surface area contributed by atoms with E-state index in [1.165, 1.54) is 6.33 Å². The molecule has 0 radical (unpaired) electrons. The molecule has 9 nitrogen and oxygen atoms in total. The molecule has 150 valence electrons. The lowest BCUT2D eigenvalue weighted by Gasteiger charge is -2.32. The minimum Gasteiger partial charge on any atom is -0.462 e. The van der Waals surface area contributed by atoms with Crippen LogP contribution in [0.4, 0.5) is 11.5 Å². The third-order valence-electron chi connectivity index (χ3n) is 4.94. The SMILES string of the molecule is CCOC(=O)c1cccc(NC(=O)C2CCCN(c3ncnc4nc[nH]c34)C2)c1. The highest BCUT2D eigenvalue weighted by molar-refractivity contribution is 5.96. The summed E-state index contributed by atoms with van der Waals surface area (Å²) < 4.78 is 5.02. The minimum absolute atomic E-state index is 0.0781. The van der Waals surface area contributed by atoms with Crippen LogP contribution in [-0.4, -0.2) is 51.5 Å². The van der Waals surface area contributed by atoms with E-state index in [1.807, 2.05) is 0 Å². The lowest BCUT2D eigenvalue weighted by atomic mass is 9.97. The van der Waals surface area contributed by atoms with Crippen molar-refractivity contribution in [1.29, 1.82) is 0 Å². The Kier molecular flexibility index (Phi) is 5.37. The molecule has 1 saturated heterocycles. The number of carbonyl (C=O) groups is 2. The number of ether oxygens (including phenoxy) is 1. The second-order valence-electron chi connectivity index (χ2n) is 6.87. The molecule has 0 bridgehead atoms. The van der Waals surface area contributed by atoms with E-state index in [-0.39, 0.29) is 11.8 Å². The monoisotopic (exact) mass is 394 g/mol. The average Bonchev–Trinajstić information content (AvgIpc) is 3.23. The predicted octanol–water partition coefficient (Wildman–Crippen LogP) is 2.38. The van der Waals surface area contributed by atoms with E-state index in [9.17, 15) is 9.59 Å². The number of hydrogen-bond donors (Lipinski definition) is 2. The summed E-state index contributed by atoms with van der Waals surface area (Å²) in [6.07, 6.45) is 4.74. The van der Waals surface area contributed by atoms with E-state index in [0.717, 1.165) is 30.7 Å². The van der Waals surface area contributed by atoms with Gasteiger partial charge >= 0.3 is 5.97 Å². The van der Waals surface area contributed by atoms with Gasteiger partial charge in [0, 0.05) is 18.8 Å². The summed E-state index contributed by atoms with van der Waals surface area (Å²) in [6.45, 7) is 3.43. The minimum atomic E-state index is -0.403. The molecule has 1 amide bonds. The quantitative estimate of drug-likeness (QED) is 0.639. The fourth-order valence-electron chi connectivity index (χ4n) is 3.56. The summed E-state index contributed by atoms with van der Waals surface area (Å²) in [5.41, 5.74) is 2.38. The summed E-state index contributed by atoms with van der Waals surface area (Å²) in [5, 5.41) is 2.93. The number of aromatic amines is 1. The number of nitrogens with zero attached hydrogens (tertiary/aromatic N) is 4. The Labute approximate surface area is 167 Å². The van der Waals surface area contributed by atoms with E-state index in [4.69, 9.17) is 4.74 Å². The van der Waals surface area contributed by atoms with Crippen LogP contribution in [0.1, 0.15) is 30.1 Å². The molecule has 0 spiro atoms. The van der Waals surface area contributed by atoms with E-state index in [1.54, 1.807) is 37.5 Å². The van der Waals surface area contributed by atoms with Crippen LogP contribution in [0.5, 0.6) is 0 Å². The number of anilines is 2. The Morgan fingerprint density at radius 1 is 1.31 bits per heavy atom. The highest BCUT2D eigenvalue weighted by atomic mass is 16.5. The number of nitrogens with one attached hydrogen (secondary N) is 2. The number of rotatable bonds is 5. The van der Waals surface area contributed by atoms with Crippen LogP contribution in [0, 0.1) is 5.92 Å². The number of imidazole rings is 1. The topological polar surface area (TPSA) is 113 Å². The van der Waals surface area contributed by atoms with Crippen molar-refractivity contribution in [2.45, 2.75) is 19.8 Å². The van der Waals surface area contributed by atoms with Crippen LogP contribution >= 0.6 is 0 Å². The number of esters is 1. The summed E-state index contributed by atoms with van der Waals surface area (Å²) in [5.74, 6) is 0.0858. The molecular formula is C20H22N6O3. The van der Waals surface area contributed by atoms with Crippen molar-refractivity contribution in [3.05, 3.63) is 42.5 Å². The number of amides is 1. The highest BCUT2D eigenvalue weighted by Crippen LogP contribution is 2.26. The van der Waals surface area contributed by atoms with Crippen molar-refractivity contribution < 1.29 is 14.3 Å². The molecule has 1 aromatic carbocycles. The fourth-order valence-corrected chi connectivity index (χ4v) is 3.56. The Balaban J connectivity index is 1.46. The van der Waals surface area contributed by atoms with E-state index < -0.39 is 5.97 Å². The average molecular weight is 394 g/mol. The Bertz CT molecular complexity index is 1030. The van der Waals surface area contributed by atoms with Gasteiger partial charge in [-0.15, -0.1) is 0 Å². The standard InChI is InChI=1S/C20H22N6O3/c1-2-29-20(28)13-5-3-7-15(9-13)25-19(27)14-6-4-8-26(10-14)18-16-17(22-11-21-16)23-12-24-18/h3,5,7,9,11-12,14H,2,4,6,8,10H2,1H3,(H,25,27)(H,21,22,23,24). The first kappa shape index (κ1) is 18.9. The maximum absolute atomic E-state index is 12.9. The number of piperidine rings is 1. The molecule has 0 aliphatic carbocycles. The zero-order valence-electron chi connectivity index (χ0n) is 16.1. The van der Waals surface area contributed by atoms with Crippen LogP contribution in [0.2, 0.25) is 0 Å². The highest BCUT2D eigenvalue weighted by Gasteiger charge is 2.28. The number of hydrogen-bond acceptors (Lipinski definition) is 7. The van der Waals surface area contributed by atoms with Gasteiger partial charge in [-0.3, -0.25) is 4.79 Å². The maximum atomic E-state index is 12.9. The first-order valence-corrected chi connectivity index (χ1v) is 9.62. The summed E-state index contributed by atoms with van der Waals surface area (Å²) in [4.78, 5) is 42.6. The lowest BCUT2D eigenvalue weighted by Crippen LogP contribution is -2.41. The van der Waals surface area contributed by atoms with Gasteiger partial charge in [0.25, 0.3) is 0 Å². The van der Waals surface area contributed by atoms with Crippen LogP contribution in [-0.2, 0) is 9.53 Å². The molecule has 4 rings (SSSR count). The van der Waals surface area contributed by atoms with E-state index in [0.29, 0.717) is 30.0 Å². The van der Waals surface area contributed by atoms with Crippen molar-refractivity contribution in [3.63, 3.8) is 0 Å². The molecular weight excluding hydrogens is 372 g/mol. The van der Waals surface area contributed by atoms with Gasteiger partial charge in [-0.2, -0.15) is 0 Å². The van der Waals surface area contributed by atoms with E-state index >= 15 is 0 Å². The van der Waals surface area contributed by atoms with E-state index in [2.05, 4.69) is 30.2 Å². The van der Waals surface area contributed by atoms with Crippen molar-refractivity contribution in [2.75, 3.05) is 29.9 Å². The van der Waals surface area contributed by atoms with Gasteiger partial charge in [0.1, 0.15) is 11.8 Å². The molecule has 1 fully saturated rings. The second-order valence-corrected chi connectivity index (χ2v) is 6.87. The molecule has 9 heteroatoms. The molecule has 2 aromatic heterocycles. The van der Waals surface area contributed by atoms with Crippen molar-refractivity contribution in [1.82, 2.24) is 19.9 Å². The second kappa shape index (κ2) is 8.26. The van der Waals surface area contributed by atoms with Gasteiger partial charge in [-0.1, -0.05) is 6.07 Å². The molecule has 0 saturated carbocycles. The van der Waals surface area contributed by atoms with Gasteiger partial charge in [-0.05, 0) is 38.0 Å². The third-order valence-corrected chi connectivity index (χ3v) is 4.94. The van der Waals surface area contributed by atoms with Crippen LogP contribution < -0.4 is 10.2 Å². The number of carbonyl (C=O) groups excluding carboxylic acids is 2. The van der Waals surface area contributed by atoms with Crippen LogP contribution in [0.3, 0.4) is 0 Å². The Morgan fingerprint density at radius 2 is 2.21 bits per heavy atom. The zero-order chi connectivity index (χ0) is 20.2. The first-order chi connectivity index (χ1) is 14.2. The van der Waals surface area contributed by atoms with Gasteiger partial charge in [0.05, 0.1) is 24.4 Å². The van der Waals surface area contributed by atoms with Gasteiger partial charge < -0.3 is 19.9 Å². The smallest absolute Gasteiger partial charge is 0.338 e. The number of H-pyrrole nitrogens is 1. The molecule has 2 N–H and O–H groups in total. The number of fused-ring (bicyclic) bond motifs is 1. The largest absolute Gasteiger partial charge is 0.462 e. The summed E-state index contributed by atoms with van der Waals surface area (Å²) in [6, 6.07) is 6.79. The van der Waals surface area contributed by atoms with Gasteiger partial charge in [-0.25, -0.2) is 19.7 Å². The molecule has 29 heavy (non-hydrogen) atoms. The zero-order valence-corrected chi connectivity index (χ0v) is 16.1. The third kappa shape index (κ3) is 4.03. The Hall–Kier alpha value is -3.49.